The van der Waals surface area contributed by atoms with Crippen molar-refractivity contribution in [2.45, 2.75) is 9.79 Å². The minimum atomic E-state index is -4.88. The minimum absolute atomic E-state index is 0.00790. The number of thiocarbonyl (C=S) groups is 2. The molecule has 3 rings (SSSR count). The quantitative estimate of drug-likeness (QED) is 0.0593. The zero-order valence-corrected chi connectivity index (χ0v) is 22.7. The Morgan fingerprint density at radius 1 is 0.800 bits per heavy atom. The van der Waals surface area contributed by atoms with E-state index < -0.39 is 57.0 Å². The van der Waals surface area contributed by atoms with E-state index in [2.05, 4.69) is 44.7 Å². The largest absolute Gasteiger partial charge is 0.372 e. The Kier molecular flexibility index (Phi) is 9.08. The normalized spacial score (nSPS) is 11.3. The lowest BCUT2D eigenvalue weighted by Gasteiger charge is -2.11. The predicted molar refractivity (Wildman–Crippen MR) is 149 cm³/mol. The SMILES string of the molecule is O=[N+]([O-])c1ccc(OS(=O)(=O)c2cc(N=C=S)ccc2C=Cc2ccc(N=C=S)cc2S(=O)(=O)O)c([N+](=O)[O-])c1. The van der Waals surface area contributed by atoms with Crippen molar-refractivity contribution >= 4 is 89.9 Å². The topological polar surface area (TPSA) is 209 Å². The molecule has 0 saturated heterocycles. The molecule has 0 radical (unpaired) electrons. The zero-order chi connectivity index (χ0) is 29.7. The van der Waals surface area contributed by atoms with Gasteiger partial charge in [0.15, 0.2) is 0 Å². The molecule has 0 amide bonds. The van der Waals surface area contributed by atoms with Crippen LogP contribution in [-0.2, 0) is 20.2 Å². The molecule has 0 bridgehead atoms. The lowest BCUT2D eigenvalue weighted by molar-refractivity contribution is -0.394. The number of nitrogens with zero attached hydrogens (tertiary/aromatic N) is 4. The maximum absolute atomic E-state index is 13.3. The molecular formula is C22H12N4O10S4. The first-order chi connectivity index (χ1) is 18.8. The Balaban J connectivity index is 2.16. The van der Waals surface area contributed by atoms with Crippen LogP contribution in [-0.4, -0.2) is 41.6 Å². The van der Waals surface area contributed by atoms with Gasteiger partial charge >= 0.3 is 15.8 Å². The molecule has 0 unspecified atom stereocenters. The number of non-ortho nitro benzene ring substituents is 1. The van der Waals surface area contributed by atoms with Crippen LogP contribution in [0.2, 0.25) is 0 Å². The first-order valence-electron chi connectivity index (χ1n) is 10.2. The van der Waals surface area contributed by atoms with Crippen LogP contribution in [0.4, 0.5) is 22.7 Å². The third kappa shape index (κ3) is 7.10. The minimum Gasteiger partial charge on any atom is -0.372 e. The van der Waals surface area contributed by atoms with Gasteiger partial charge in [0, 0.05) is 6.07 Å². The Bertz CT molecular complexity index is 1890. The Morgan fingerprint density at radius 3 is 1.80 bits per heavy atom. The molecule has 0 fully saturated rings. The van der Waals surface area contributed by atoms with Crippen molar-refractivity contribution in [3.8, 4) is 5.75 Å². The molecule has 1 N–H and O–H groups in total. The molecule has 3 aromatic carbocycles. The van der Waals surface area contributed by atoms with E-state index in [9.17, 15) is 41.6 Å². The molecule has 40 heavy (non-hydrogen) atoms. The van der Waals surface area contributed by atoms with Crippen molar-refractivity contribution in [1.82, 2.24) is 0 Å². The fraction of sp³-hybridized carbons (Fsp3) is 0. The van der Waals surface area contributed by atoms with Gasteiger partial charge in [-0.1, -0.05) is 24.3 Å². The van der Waals surface area contributed by atoms with Crippen molar-refractivity contribution in [3.05, 3.63) is 86.0 Å². The number of nitro benzene ring substituents is 2. The maximum Gasteiger partial charge on any atom is 0.340 e. The molecule has 0 atom stereocenters. The highest BCUT2D eigenvalue weighted by molar-refractivity contribution is 7.87. The molecule has 0 spiro atoms. The molecule has 0 aliphatic rings. The average Bonchev–Trinajstić information content (AvgIpc) is 2.88. The predicted octanol–water partition coefficient (Wildman–Crippen LogP) is 5.16. The Labute approximate surface area is 236 Å². The molecule has 3 aromatic rings. The number of rotatable bonds is 10. The van der Waals surface area contributed by atoms with Gasteiger partial charge in [0.1, 0.15) is 9.79 Å². The van der Waals surface area contributed by atoms with Crippen LogP contribution in [0.25, 0.3) is 12.2 Å². The van der Waals surface area contributed by atoms with E-state index in [1.54, 1.807) is 0 Å². The number of nitro groups is 2. The van der Waals surface area contributed by atoms with Gasteiger partial charge in [0.05, 0.1) is 37.6 Å². The molecule has 18 heteroatoms. The lowest BCUT2D eigenvalue weighted by atomic mass is 10.1. The van der Waals surface area contributed by atoms with Crippen LogP contribution in [0, 0.1) is 20.2 Å². The van der Waals surface area contributed by atoms with E-state index in [4.69, 9.17) is 4.18 Å². The molecule has 0 aliphatic heterocycles. The fourth-order valence-corrected chi connectivity index (χ4v) is 5.25. The highest BCUT2D eigenvalue weighted by atomic mass is 32.2. The monoisotopic (exact) mass is 620 g/mol. The van der Waals surface area contributed by atoms with E-state index in [1.165, 1.54) is 30.3 Å². The summed E-state index contributed by atoms with van der Waals surface area (Å²) in [4.78, 5) is 26.7. The first kappa shape index (κ1) is 30.0. The molecule has 14 nitrogen and oxygen atoms in total. The summed E-state index contributed by atoms with van der Waals surface area (Å²) >= 11 is 9.03. The van der Waals surface area contributed by atoms with Crippen molar-refractivity contribution < 1.29 is 35.4 Å². The van der Waals surface area contributed by atoms with Gasteiger partial charge in [0.25, 0.3) is 15.8 Å². The highest BCUT2D eigenvalue weighted by Crippen LogP contribution is 2.35. The molecule has 0 aromatic heterocycles. The van der Waals surface area contributed by atoms with Crippen LogP contribution in [0.3, 0.4) is 0 Å². The summed E-state index contributed by atoms with van der Waals surface area (Å²) < 4.78 is 65.0. The first-order valence-corrected chi connectivity index (χ1v) is 13.9. The second-order valence-corrected chi connectivity index (χ2v) is 10.6. The van der Waals surface area contributed by atoms with Crippen LogP contribution in [0.15, 0.2) is 74.4 Å². The van der Waals surface area contributed by atoms with Gasteiger partial charge in [0.2, 0.25) is 5.75 Å². The second-order valence-electron chi connectivity index (χ2n) is 7.36. The highest BCUT2D eigenvalue weighted by Gasteiger charge is 2.28. The van der Waals surface area contributed by atoms with E-state index in [1.807, 2.05) is 0 Å². The van der Waals surface area contributed by atoms with Gasteiger partial charge in [-0.2, -0.15) is 26.8 Å². The van der Waals surface area contributed by atoms with Crippen LogP contribution in [0.1, 0.15) is 11.1 Å². The molecular weight excluding hydrogens is 609 g/mol. The zero-order valence-electron chi connectivity index (χ0n) is 19.4. The maximum atomic E-state index is 13.3. The van der Waals surface area contributed by atoms with E-state index in [0.717, 1.165) is 30.3 Å². The lowest BCUT2D eigenvalue weighted by Crippen LogP contribution is -2.12. The fourth-order valence-electron chi connectivity index (χ4n) is 3.18. The summed E-state index contributed by atoms with van der Waals surface area (Å²) in [6, 6.07) is 9.35. The van der Waals surface area contributed by atoms with Crippen LogP contribution >= 0.6 is 24.4 Å². The third-order valence-corrected chi connectivity index (χ3v) is 7.27. The summed E-state index contributed by atoms with van der Waals surface area (Å²) in [6.07, 6.45) is 2.33. The average molecular weight is 621 g/mol. The van der Waals surface area contributed by atoms with Crippen molar-refractivity contribution in [2.75, 3.05) is 0 Å². The summed E-state index contributed by atoms with van der Waals surface area (Å²) in [7, 11) is -9.64. The number of benzene rings is 3. The van der Waals surface area contributed by atoms with E-state index >= 15 is 0 Å². The van der Waals surface area contributed by atoms with E-state index in [-0.39, 0.29) is 22.5 Å². The third-order valence-electron chi connectivity index (χ3n) is 4.88. The number of aliphatic imine (C=N–C) groups is 2. The summed E-state index contributed by atoms with van der Waals surface area (Å²) in [5.41, 5.74) is -1.75. The smallest absolute Gasteiger partial charge is 0.340 e. The number of isothiocyanates is 2. The molecule has 204 valence electrons. The van der Waals surface area contributed by atoms with Crippen molar-refractivity contribution in [3.63, 3.8) is 0 Å². The summed E-state index contributed by atoms with van der Waals surface area (Å²) in [5.74, 6) is -0.808. The molecule has 0 aliphatic carbocycles. The van der Waals surface area contributed by atoms with Crippen LogP contribution in [0.5, 0.6) is 5.75 Å². The second kappa shape index (κ2) is 12.1. The molecule has 0 heterocycles. The number of hydrogen-bond donors (Lipinski definition) is 1. The van der Waals surface area contributed by atoms with Gasteiger partial charge in [-0.25, -0.2) is 0 Å². The van der Waals surface area contributed by atoms with Gasteiger partial charge < -0.3 is 4.18 Å². The Morgan fingerprint density at radius 2 is 1.32 bits per heavy atom. The van der Waals surface area contributed by atoms with Crippen LogP contribution < -0.4 is 4.18 Å². The van der Waals surface area contributed by atoms with Crippen molar-refractivity contribution in [1.29, 1.82) is 0 Å². The van der Waals surface area contributed by atoms with E-state index in [0.29, 0.717) is 6.07 Å². The standard InChI is InChI=1S/C22H12N4O10S4/c27-25(28)18-7-8-20(19(11-18)26(29)30)36-40(34,35)22-10-17(24-13-38)6-4-15(22)2-1-14-3-5-16(23-12-37)9-21(14)39(31,32)33/h1-11H,(H,31,32,33). The number of hydrogen-bond acceptors (Lipinski definition) is 13. The Hall–Kier alpha value is -4.54. The molecule has 0 saturated carbocycles. The summed E-state index contributed by atoms with van der Waals surface area (Å²) in [6.45, 7) is 0. The van der Waals surface area contributed by atoms with Gasteiger partial charge in [-0.15, -0.1) is 0 Å². The van der Waals surface area contributed by atoms with Gasteiger partial charge in [-0.3, -0.25) is 24.8 Å². The summed E-state index contributed by atoms with van der Waals surface area (Å²) in [5, 5.41) is 26.5. The van der Waals surface area contributed by atoms with Gasteiger partial charge in [-0.05, 0) is 65.9 Å². The van der Waals surface area contributed by atoms with Crippen molar-refractivity contribution in [2.24, 2.45) is 9.98 Å².